The molecular formula is C16H28O4Si2. The molecule has 0 aromatic heterocycles. The van der Waals surface area contributed by atoms with Crippen molar-refractivity contribution in [3.05, 3.63) is 29.8 Å². The highest BCUT2D eigenvalue weighted by Crippen LogP contribution is 2.26. The summed E-state index contributed by atoms with van der Waals surface area (Å²) in [4.78, 5) is 12.2. The molecule has 0 aliphatic heterocycles. The fraction of sp³-hybridized carbons (Fsp3) is 0.562. The first-order valence-corrected chi connectivity index (χ1v) is 14.5. The lowest BCUT2D eigenvalue weighted by Crippen LogP contribution is -2.32. The van der Waals surface area contributed by atoms with E-state index in [0.717, 1.165) is 11.3 Å². The molecule has 0 aliphatic rings. The molecule has 1 unspecified atom stereocenters. The Balaban J connectivity index is 2.97. The Morgan fingerprint density at radius 1 is 1.00 bits per heavy atom. The van der Waals surface area contributed by atoms with Gasteiger partial charge < -0.3 is 13.6 Å². The molecule has 1 aromatic carbocycles. The number of rotatable bonds is 7. The van der Waals surface area contributed by atoms with Crippen molar-refractivity contribution >= 4 is 22.6 Å². The van der Waals surface area contributed by atoms with E-state index < -0.39 is 22.7 Å². The molecule has 0 amide bonds. The Kier molecular flexibility index (Phi) is 6.40. The maximum Gasteiger partial charge on any atom is 0.338 e. The summed E-state index contributed by atoms with van der Waals surface area (Å²) in [6.07, 6.45) is -0.660. The average molecular weight is 341 g/mol. The van der Waals surface area contributed by atoms with Crippen molar-refractivity contribution in [3.8, 4) is 5.75 Å². The van der Waals surface area contributed by atoms with Crippen LogP contribution in [0.2, 0.25) is 39.3 Å². The van der Waals surface area contributed by atoms with Crippen molar-refractivity contribution in [3.63, 3.8) is 0 Å². The molecule has 1 atom stereocenters. The monoisotopic (exact) mass is 340 g/mol. The van der Waals surface area contributed by atoms with Crippen LogP contribution in [0, 0.1) is 0 Å². The number of ether oxygens (including phenoxy) is 1. The van der Waals surface area contributed by atoms with E-state index in [9.17, 15) is 4.79 Å². The third-order valence-corrected chi connectivity index (χ3v) is 4.37. The highest BCUT2D eigenvalue weighted by molar-refractivity contribution is 6.70. The number of carbonyl (C=O) groups excluding carboxylic acids is 1. The molecule has 0 aliphatic carbocycles. The molecule has 22 heavy (non-hydrogen) atoms. The Morgan fingerprint density at radius 3 is 1.95 bits per heavy atom. The zero-order valence-corrected chi connectivity index (χ0v) is 16.7. The minimum Gasteiger partial charge on any atom is -0.544 e. The van der Waals surface area contributed by atoms with Crippen molar-refractivity contribution in [1.29, 1.82) is 0 Å². The zero-order valence-electron chi connectivity index (χ0n) is 14.7. The predicted octanol–water partition coefficient (Wildman–Crippen LogP) is 4.36. The normalized spacial score (nSPS) is 13.6. The highest BCUT2D eigenvalue weighted by Gasteiger charge is 2.29. The van der Waals surface area contributed by atoms with E-state index in [1.54, 1.807) is 6.92 Å². The molecule has 6 heteroatoms. The molecule has 0 fully saturated rings. The van der Waals surface area contributed by atoms with Crippen LogP contribution in [0.15, 0.2) is 24.3 Å². The molecule has 0 N–H and O–H groups in total. The van der Waals surface area contributed by atoms with Crippen LogP contribution >= 0.6 is 0 Å². The lowest BCUT2D eigenvalue weighted by Gasteiger charge is -2.25. The smallest absolute Gasteiger partial charge is 0.338 e. The Labute approximate surface area is 136 Å². The van der Waals surface area contributed by atoms with Crippen LogP contribution < -0.4 is 4.43 Å². The summed E-state index contributed by atoms with van der Waals surface area (Å²) in [7, 11) is -3.50. The first kappa shape index (κ1) is 18.9. The number of hydrogen-bond donors (Lipinski definition) is 0. The van der Waals surface area contributed by atoms with Gasteiger partial charge in [0, 0.05) is 0 Å². The molecule has 0 bridgehead atoms. The van der Waals surface area contributed by atoms with Crippen LogP contribution in [-0.2, 0) is 14.0 Å². The molecule has 4 nitrogen and oxygen atoms in total. The minimum atomic E-state index is -1.87. The summed E-state index contributed by atoms with van der Waals surface area (Å²) in [5.41, 5.74) is 0.809. The van der Waals surface area contributed by atoms with E-state index in [1.807, 2.05) is 24.3 Å². The van der Waals surface area contributed by atoms with Gasteiger partial charge in [0.05, 0.1) is 6.61 Å². The topological polar surface area (TPSA) is 44.8 Å². The Bertz CT molecular complexity index is 486. The highest BCUT2D eigenvalue weighted by atomic mass is 28.4. The molecule has 0 saturated heterocycles. The van der Waals surface area contributed by atoms with Gasteiger partial charge in [0.1, 0.15) is 5.75 Å². The van der Waals surface area contributed by atoms with Crippen molar-refractivity contribution < 1.29 is 18.4 Å². The second kappa shape index (κ2) is 7.43. The summed E-state index contributed by atoms with van der Waals surface area (Å²) in [6, 6.07) is 7.56. The maximum atomic E-state index is 12.2. The molecule has 0 heterocycles. The summed E-state index contributed by atoms with van der Waals surface area (Å²) in [5, 5.41) is 0. The van der Waals surface area contributed by atoms with Gasteiger partial charge in [-0.25, -0.2) is 4.79 Å². The third kappa shape index (κ3) is 6.76. The maximum absolute atomic E-state index is 12.2. The van der Waals surface area contributed by atoms with Gasteiger partial charge in [0.2, 0.25) is 8.32 Å². The van der Waals surface area contributed by atoms with E-state index in [4.69, 9.17) is 13.6 Å². The third-order valence-electron chi connectivity index (χ3n) is 2.58. The van der Waals surface area contributed by atoms with E-state index in [2.05, 4.69) is 39.3 Å². The van der Waals surface area contributed by atoms with Gasteiger partial charge in [-0.15, -0.1) is 0 Å². The quantitative estimate of drug-likeness (QED) is 0.546. The van der Waals surface area contributed by atoms with Crippen LogP contribution in [0.3, 0.4) is 0 Å². The molecule has 1 rings (SSSR count). The van der Waals surface area contributed by atoms with E-state index >= 15 is 0 Å². The lowest BCUT2D eigenvalue weighted by molar-refractivity contribution is -0.152. The largest absolute Gasteiger partial charge is 0.544 e. The van der Waals surface area contributed by atoms with Gasteiger partial charge >= 0.3 is 5.97 Å². The van der Waals surface area contributed by atoms with Gasteiger partial charge in [-0.2, -0.15) is 0 Å². The molecule has 0 radical (unpaired) electrons. The van der Waals surface area contributed by atoms with Gasteiger partial charge in [0.25, 0.3) is 0 Å². The molecule has 0 spiro atoms. The Hall–Kier alpha value is -1.12. The van der Waals surface area contributed by atoms with Crippen molar-refractivity contribution in [2.24, 2.45) is 0 Å². The Morgan fingerprint density at radius 2 is 1.55 bits per heavy atom. The van der Waals surface area contributed by atoms with Crippen LogP contribution in [0.5, 0.6) is 5.75 Å². The van der Waals surface area contributed by atoms with E-state index in [0.29, 0.717) is 6.61 Å². The SMILES string of the molecule is CCOC(=O)C(O[Si](C)(C)C)c1ccc(O[Si](C)(C)C)cc1. The van der Waals surface area contributed by atoms with Crippen LogP contribution in [-0.4, -0.2) is 29.2 Å². The van der Waals surface area contributed by atoms with Crippen molar-refractivity contribution in [1.82, 2.24) is 0 Å². The van der Waals surface area contributed by atoms with Gasteiger partial charge in [-0.1, -0.05) is 12.1 Å². The lowest BCUT2D eigenvalue weighted by atomic mass is 10.1. The number of esters is 1. The van der Waals surface area contributed by atoms with Crippen LogP contribution in [0.4, 0.5) is 0 Å². The first-order valence-electron chi connectivity index (χ1n) is 7.65. The number of carbonyl (C=O) groups is 1. The van der Waals surface area contributed by atoms with Crippen LogP contribution in [0.1, 0.15) is 18.6 Å². The second-order valence-electron chi connectivity index (χ2n) is 7.15. The standard InChI is InChI=1S/C16H28O4Si2/c1-8-18-16(17)15(20-22(5,6)7)13-9-11-14(12-10-13)19-21(2,3)4/h9-12,15H,8H2,1-7H3. The van der Waals surface area contributed by atoms with Crippen molar-refractivity contribution in [2.75, 3.05) is 6.61 Å². The van der Waals surface area contributed by atoms with Crippen molar-refractivity contribution in [2.45, 2.75) is 52.3 Å². The zero-order chi connectivity index (χ0) is 17.0. The average Bonchev–Trinajstić information content (AvgIpc) is 2.34. The molecule has 124 valence electrons. The predicted molar refractivity (Wildman–Crippen MR) is 94.2 cm³/mol. The summed E-state index contributed by atoms with van der Waals surface area (Å²) in [5.74, 6) is 0.502. The summed E-state index contributed by atoms with van der Waals surface area (Å²) in [6.45, 7) is 14.7. The summed E-state index contributed by atoms with van der Waals surface area (Å²) < 4.78 is 17.1. The fourth-order valence-electron chi connectivity index (χ4n) is 1.89. The van der Waals surface area contributed by atoms with Gasteiger partial charge in [-0.3, -0.25) is 0 Å². The molecule has 1 aromatic rings. The molecular weight excluding hydrogens is 312 g/mol. The fourth-order valence-corrected chi connectivity index (χ4v) is 3.67. The summed E-state index contributed by atoms with van der Waals surface area (Å²) >= 11 is 0. The molecule has 0 saturated carbocycles. The number of benzene rings is 1. The number of hydrogen-bond acceptors (Lipinski definition) is 4. The second-order valence-corrected chi connectivity index (χ2v) is 16.0. The van der Waals surface area contributed by atoms with Crippen LogP contribution in [0.25, 0.3) is 0 Å². The minimum absolute atomic E-state index is 0.330. The van der Waals surface area contributed by atoms with Gasteiger partial charge in [0.15, 0.2) is 14.4 Å². The first-order chi connectivity index (χ1) is 10.0. The van der Waals surface area contributed by atoms with E-state index in [1.165, 1.54) is 0 Å². The van der Waals surface area contributed by atoms with E-state index in [-0.39, 0.29) is 5.97 Å². The van der Waals surface area contributed by atoms with Gasteiger partial charge in [-0.05, 0) is 63.9 Å².